The van der Waals surface area contributed by atoms with Crippen molar-refractivity contribution in [1.29, 1.82) is 0 Å². The largest absolute Gasteiger partial charge is 0.504 e. The van der Waals surface area contributed by atoms with Crippen molar-refractivity contribution in [1.82, 2.24) is 0 Å². The van der Waals surface area contributed by atoms with Gasteiger partial charge in [0, 0.05) is 12.0 Å². The smallest absolute Gasteiger partial charge is 0.331 e. The molecule has 1 aromatic rings. The molecule has 3 aliphatic rings. The molecule has 4 rings (SSSR count). The maximum atomic E-state index is 12.6. The molecule has 1 aliphatic carbocycles. The molecule has 0 aromatic heterocycles. The maximum Gasteiger partial charge on any atom is 0.331 e. The van der Waals surface area contributed by atoms with Gasteiger partial charge in [-0.1, -0.05) is 13.0 Å². The van der Waals surface area contributed by atoms with Gasteiger partial charge < -0.3 is 49.2 Å². The van der Waals surface area contributed by atoms with Crippen LogP contribution in [0.4, 0.5) is 0 Å². The average Bonchev–Trinajstić information content (AvgIpc) is 3.17. The van der Waals surface area contributed by atoms with Gasteiger partial charge in [0.2, 0.25) is 12.6 Å². The molecule has 1 saturated carbocycles. The molecule has 11 nitrogen and oxygen atoms in total. The number of phenolic OH excluding ortho intramolecular Hbond substituents is 1. The fourth-order valence-corrected chi connectivity index (χ4v) is 4.95. The summed E-state index contributed by atoms with van der Waals surface area (Å²) in [5, 5.41) is 50.6. The molecule has 5 N–H and O–H groups in total. The van der Waals surface area contributed by atoms with Crippen molar-refractivity contribution in [2.75, 3.05) is 13.7 Å². The molecule has 2 fully saturated rings. The predicted molar refractivity (Wildman–Crippen MR) is 123 cm³/mol. The summed E-state index contributed by atoms with van der Waals surface area (Å²) in [4.78, 5) is 12.6. The average molecular weight is 509 g/mol. The number of ether oxygens (including phenoxy) is 5. The van der Waals surface area contributed by atoms with E-state index in [0.717, 1.165) is 6.08 Å². The molecule has 0 bridgehead atoms. The number of hydrogen-bond acceptors (Lipinski definition) is 11. The van der Waals surface area contributed by atoms with Crippen LogP contribution in [0, 0.1) is 17.8 Å². The molecule has 2 aliphatic heterocycles. The number of esters is 1. The minimum atomic E-state index is -1.62. The quantitative estimate of drug-likeness (QED) is 0.254. The van der Waals surface area contributed by atoms with Crippen LogP contribution in [-0.2, 0) is 23.7 Å². The Bertz CT molecular complexity index is 979. The van der Waals surface area contributed by atoms with Crippen molar-refractivity contribution in [3.05, 3.63) is 42.2 Å². The standard InChI is InChI=1S/C25H32O11/c1-12-16(28)10-14-7-8-33-24(20(12)14)36-25-23(22(31)21(30)18(11-26)34-25)35-19(29)6-4-13-3-5-15(27)17(9-13)32-2/h3-9,12,14,16,18,20-28,30-31H,10-11H2,1-2H3/b6-4+/t12-,14-,16-,18+,20+,21+,22-,23+,24-,25-/m0/s1. The second-order valence-electron chi connectivity index (χ2n) is 9.25. The van der Waals surface area contributed by atoms with Crippen LogP contribution in [0.1, 0.15) is 18.9 Å². The molecule has 1 saturated heterocycles. The van der Waals surface area contributed by atoms with E-state index in [2.05, 4.69) is 0 Å². The molecule has 36 heavy (non-hydrogen) atoms. The number of aliphatic hydroxyl groups is 4. The lowest BCUT2D eigenvalue weighted by Gasteiger charge is -2.43. The van der Waals surface area contributed by atoms with Crippen molar-refractivity contribution < 1.29 is 54.0 Å². The minimum Gasteiger partial charge on any atom is -0.504 e. The first kappa shape index (κ1) is 26.4. The first-order valence-electron chi connectivity index (χ1n) is 11.8. The van der Waals surface area contributed by atoms with Crippen LogP contribution < -0.4 is 4.74 Å². The van der Waals surface area contributed by atoms with E-state index in [9.17, 15) is 30.3 Å². The third kappa shape index (κ3) is 5.36. The lowest BCUT2D eigenvalue weighted by atomic mass is 9.88. The highest BCUT2D eigenvalue weighted by Gasteiger charge is 2.51. The van der Waals surface area contributed by atoms with Gasteiger partial charge in [0.1, 0.15) is 18.3 Å². The minimum absolute atomic E-state index is 0.00715. The molecule has 0 spiro atoms. The van der Waals surface area contributed by atoms with E-state index < -0.39 is 55.7 Å². The zero-order chi connectivity index (χ0) is 26.0. The molecule has 11 heteroatoms. The highest BCUT2D eigenvalue weighted by Crippen LogP contribution is 2.44. The van der Waals surface area contributed by atoms with E-state index in [4.69, 9.17) is 23.7 Å². The van der Waals surface area contributed by atoms with E-state index in [0.29, 0.717) is 12.0 Å². The van der Waals surface area contributed by atoms with Gasteiger partial charge in [0.15, 0.2) is 17.6 Å². The van der Waals surface area contributed by atoms with E-state index in [1.807, 2.05) is 13.0 Å². The summed E-state index contributed by atoms with van der Waals surface area (Å²) in [6.45, 7) is 1.28. The molecule has 0 unspecified atom stereocenters. The number of rotatable bonds is 7. The lowest BCUT2D eigenvalue weighted by molar-refractivity contribution is -0.343. The van der Waals surface area contributed by atoms with Crippen molar-refractivity contribution in [3.63, 3.8) is 0 Å². The Morgan fingerprint density at radius 1 is 1.19 bits per heavy atom. The SMILES string of the molecule is COc1cc(/C=C/C(=O)O[C@H]2[C@H](O[C@@H]3OC=C[C@H]4C[C@H](O)[C@H](C)[C@@H]34)O[C@H](CO)[C@@H](O)[C@@H]2O)ccc1O. The number of benzene rings is 1. The van der Waals surface area contributed by atoms with E-state index in [-0.39, 0.29) is 29.3 Å². The Balaban J connectivity index is 1.50. The van der Waals surface area contributed by atoms with Gasteiger partial charge in [-0.3, -0.25) is 0 Å². The normalized spacial score (nSPS) is 37.9. The topological polar surface area (TPSA) is 164 Å². The summed E-state index contributed by atoms with van der Waals surface area (Å²) < 4.78 is 27.8. The van der Waals surface area contributed by atoms with Gasteiger partial charge in [-0.05, 0) is 48.1 Å². The number of aliphatic hydroxyl groups excluding tert-OH is 4. The van der Waals surface area contributed by atoms with Crippen LogP contribution in [-0.4, -0.2) is 88.3 Å². The maximum absolute atomic E-state index is 12.6. The van der Waals surface area contributed by atoms with E-state index >= 15 is 0 Å². The zero-order valence-corrected chi connectivity index (χ0v) is 19.9. The molecule has 0 amide bonds. The van der Waals surface area contributed by atoms with Crippen molar-refractivity contribution in [2.24, 2.45) is 17.8 Å². The van der Waals surface area contributed by atoms with Gasteiger partial charge in [-0.15, -0.1) is 0 Å². The number of hydrogen-bond donors (Lipinski definition) is 5. The van der Waals surface area contributed by atoms with Gasteiger partial charge in [-0.2, -0.15) is 0 Å². The Hall–Kier alpha value is -2.67. The van der Waals surface area contributed by atoms with Crippen LogP contribution in [0.2, 0.25) is 0 Å². The van der Waals surface area contributed by atoms with Crippen LogP contribution in [0.5, 0.6) is 11.5 Å². The molecular formula is C25H32O11. The highest BCUT2D eigenvalue weighted by molar-refractivity contribution is 5.87. The molecule has 2 heterocycles. The summed E-state index contributed by atoms with van der Waals surface area (Å²) in [7, 11) is 1.40. The second-order valence-corrected chi connectivity index (χ2v) is 9.25. The van der Waals surface area contributed by atoms with Crippen LogP contribution in [0.15, 0.2) is 36.6 Å². The summed E-state index contributed by atoms with van der Waals surface area (Å²) in [6, 6.07) is 4.48. The van der Waals surface area contributed by atoms with Crippen molar-refractivity contribution >= 4 is 12.0 Å². The number of carbonyl (C=O) groups excluding carboxylic acids is 1. The Labute approximate surface area is 208 Å². The van der Waals surface area contributed by atoms with Gasteiger partial charge in [-0.25, -0.2) is 4.79 Å². The van der Waals surface area contributed by atoms with Crippen molar-refractivity contribution in [2.45, 2.75) is 56.4 Å². The first-order valence-corrected chi connectivity index (χ1v) is 11.8. The summed E-state index contributed by atoms with van der Waals surface area (Å²) >= 11 is 0. The Morgan fingerprint density at radius 2 is 1.97 bits per heavy atom. The summed E-state index contributed by atoms with van der Waals surface area (Å²) in [6.07, 6.45) is -2.16. The Morgan fingerprint density at radius 3 is 2.69 bits per heavy atom. The van der Waals surface area contributed by atoms with Gasteiger partial charge in [0.25, 0.3) is 0 Å². The fourth-order valence-electron chi connectivity index (χ4n) is 4.95. The van der Waals surface area contributed by atoms with Crippen molar-refractivity contribution in [3.8, 4) is 11.5 Å². The fraction of sp³-hybridized carbons (Fsp3) is 0.560. The van der Waals surface area contributed by atoms with Crippen LogP contribution >= 0.6 is 0 Å². The molecule has 0 radical (unpaired) electrons. The summed E-state index contributed by atoms with van der Waals surface area (Å²) in [5.41, 5.74) is 0.539. The van der Waals surface area contributed by atoms with Crippen LogP contribution in [0.3, 0.4) is 0 Å². The molecule has 1 aromatic carbocycles. The predicted octanol–water partition coefficient (Wildman–Crippen LogP) is 0.284. The number of phenols is 1. The monoisotopic (exact) mass is 508 g/mol. The molecule has 10 atom stereocenters. The number of carbonyl (C=O) groups is 1. The van der Waals surface area contributed by atoms with Gasteiger partial charge >= 0.3 is 5.97 Å². The number of aromatic hydroxyl groups is 1. The van der Waals surface area contributed by atoms with Gasteiger partial charge in [0.05, 0.1) is 26.1 Å². The number of fused-ring (bicyclic) bond motifs is 1. The second kappa shape index (κ2) is 11.2. The molecular weight excluding hydrogens is 476 g/mol. The number of allylic oxidation sites excluding steroid dienone is 1. The Kier molecular flexibility index (Phi) is 8.18. The van der Waals surface area contributed by atoms with Crippen LogP contribution in [0.25, 0.3) is 6.08 Å². The lowest BCUT2D eigenvalue weighted by Crippen LogP contribution is -2.61. The third-order valence-corrected chi connectivity index (χ3v) is 7.04. The third-order valence-electron chi connectivity index (χ3n) is 7.04. The molecule has 198 valence electrons. The van der Waals surface area contributed by atoms with E-state index in [1.165, 1.54) is 31.6 Å². The summed E-state index contributed by atoms with van der Waals surface area (Å²) in [5.74, 6) is -1.05. The first-order chi connectivity index (χ1) is 17.2. The van der Waals surface area contributed by atoms with E-state index in [1.54, 1.807) is 6.07 Å². The zero-order valence-electron chi connectivity index (χ0n) is 19.9. The highest BCUT2D eigenvalue weighted by atomic mass is 16.8. The number of methoxy groups -OCH3 is 1.